The molecule has 21 heavy (non-hydrogen) atoms. The summed E-state index contributed by atoms with van der Waals surface area (Å²) in [5.41, 5.74) is 1.17. The van der Waals surface area contributed by atoms with Gasteiger partial charge in [-0.15, -0.1) is 0 Å². The third kappa shape index (κ3) is 3.61. The van der Waals surface area contributed by atoms with E-state index in [4.69, 9.17) is 10.00 Å². The smallest absolute Gasteiger partial charge is 0.264 e. The molecule has 0 aliphatic rings. The summed E-state index contributed by atoms with van der Waals surface area (Å²) in [6.07, 6.45) is 0. The molecule has 0 saturated carbocycles. The fourth-order valence-corrected chi connectivity index (χ4v) is 2.33. The van der Waals surface area contributed by atoms with Crippen LogP contribution in [0.3, 0.4) is 0 Å². The summed E-state index contributed by atoms with van der Waals surface area (Å²) in [5, 5.41) is 8.98. The lowest BCUT2D eigenvalue weighted by Gasteiger charge is -2.19. The van der Waals surface area contributed by atoms with Gasteiger partial charge in [0.25, 0.3) is 5.91 Å². The monoisotopic (exact) mass is 344 g/mol. The summed E-state index contributed by atoms with van der Waals surface area (Å²) in [7, 11) is 1.68. The number of nitriles is 1. The van der Waals surface area contributed by atoms with E-state index < -0.39 is 0 Å². The highest BCUT2D eigenvalue weighted by atomic mass is 79.9. The van der Waals surface area contributed by atoms with Crippen molar-refractivity contribution in [1.82, 2.24) is 0 Å². The number of para-hydroxylation sites is 2. The second kappa shape index (κ2) is 6.91. The predicted molar refractivity (Wildman–Crippen MR) is 84.2 cm³/mol. The van der Waals surface area contributed by atoms with E-state index in [9.17, 15) is 4.79 Å². The molecule has 0 saturated heterocycles. The van der Waals surface area contributed by atoms with E-state index >= 15 is 0 Å². The SMILES string of the molecule is CN(C(=O)COc1ccccc1C#N)c1ccccc1Br. The van der Waals surface area contributed by atoms with E-state index in [1.807, 2.05) is 30.3 Å². The molecule has 0 spiro atoms. The van der Waals surface area contributed by atoms with E-state index in [1.165, 1.54) is 4.90 Å². The molecular formula is C16H13BrN2O2. The normalized spacial score (nSPS) is 9.76. The Morgan fingerprint density at radius 3 is 2.62 bits per heavy atom. The van der Waals surface area contributed by atoms with Crippen LogP contribution in [-0.2, 0) is 4.79 Å². The molecule has 0 bridgehead atoms. The van der Waals surface area contributed by atoms with Gasteiger partial charge in [0.15, 0.2) is 6.61 Å². The molecule has 0 N–H and O–H groups in total. The summed E-state index contributed by atoms with van der Waals surface area (Å²) >= 11 is 3.41. The van der Waals surface area contributed by atoms with Gasteiger partial charge in [-0.25, -0.2) is 0 Å². The lowest BCUT2D eigenvalue weighted by Crippen LogP contribution is -2.31. The van der Waals surface area contributed by atoms with E-state index in [2.05, 4.69) is 15.9 Å². The summed E-state index contributed by atoms with van der Waals surface area (Å²) < 4.78 is 6.28. The molecule has 0 radical (unpaired) electrons. The van der Waals surface area contributed by atoms with E-state index in [0.717, 1.165) is 10.2 Å². The van der Waals surface area contributed by atoms with Gasteiger partial charge in [0, 0.05) is 11.5 Å². The Kier molecular flexibility index (Phi) is 4.96. The Balaban J connectivity index is 2.06. The third-order valence-corrected chi connectivity index (χ3v) is 3.62. The average Bonchev–Trinajstić information content (AvgIpc) is 2.52. The minimum Gasteiger partial charge on any atom is -0.482 e. The average molecular weight is 345 g/mol. The Bertz CT molecular complexity index is 695. The maximum Gasteiger partial charge on any atom is 0.264 e. The van der Waals surface area contributed by atoms with E-state index in [0.29, 0.717) is 11.3 Å². The van der Waals surface area contributed by atoms with Crippen LogP contribution < -0.4 is 9.64 Å². The molecule has 0 aliphatic heterocycles. The number of ether oxygens (including phenoxy) is 1. The fraction of sp³-hybridized carbons (Fsp3) is 0.125. The quantitative estimate of drug-likeness (QED) is 0.854. The molecule has 0 heterocycles. The van der Waals surface area contributed by atoms with Crippen LogP contribution in [0, 0.1) is 11.3 Å². The lowest BCUT2D eigenvalue weighted by atomic mass is 10.2. The third-order valence-electron chi connectivity index (χ3n) is 2.95. The van der Waals surface area contributed by atoms with Crippen molar-refractivity contribution < 1.29 is 9.53 Å². The van der Waals surface area contributed by atoms with Gasteiger partial charge in [-0.05, 0) is 40.2 Å². The molecule has 0 unspecified atom stereocenters. The van der Waals surface area contributed by atoms with Crippen LogP contribution in [0.15, 0.2) is 53.0 Å². The molecule has 106 valence electrons. The van der Waals surface area contributed by atoms with Crippen LogP contribution in [0.4, 0.5) is 5.69 Å². The highest BCUT2D eigenvalue weighted by Crippen LogP contribution is 2.25. The van der Waals surface area contributed by atoms with Crippen LogP contribution in [0.25, 0.3) is 0 Å². The molecule has 0 aromatic heterocycles. The Morgan fingerprint density at radius 2 is 1.90 bits per heavy atom. The topological polar surface area (TPSA) is 53.3 Å². The van der Waals surface area contributed by atoms with Gasteiger partial charge in [-0.3, -0.25) is 4.79 Å². The first-order valence-corrected chi connectivity index (χ1v) is 7.06. The molecular weight excluding hydrogens is 332 g/mol. The number of hydrogen-bond donors (Lipinski definition) is 0. The summed E-state index contributed by atoms with van der Waals surface area (Å²) in [5.74, 6) is 0.212. The highest BCUT2D eigenvalue weighted by Gasteiger charge is 2.14. The number of nitrogens with zero attached hydrogens (tertiary/aromatic N) is 2. The van der Waals surface area contributed by atoms with Crippen molar-refractivity contribution in [3.8, 4) is 11.8 Å². The second-order valence-corrected chi connectivity index (χ2v) is 5.16. The predicted octanol–water partition coefficient (Wildman–Crippen LogP) is 3.36. The van der Waals surface area contributed by atoms with Gasteiger partial charge >= 0.3 is 0 Å². The number of halogens is 1. The van der Waals surface area contributed by atoms with Crippen LogP contribution in [0.1, 0.15) is 5.56 Å². The number of hydrogen-bond acceptors (Lipinski definition) is 3. The molecule has 0 aliphatic carbocycles. The Morgan fingerprint density at radius 1 is 1.24 bits per heavy atom. The largest absolute Gasteiger partial charge is 0.482 e. The zero-order valence-electron chi connectivity index (χ0n) is 11.4. The lowest BCUT2D eigenvalue weighted by molar-refractivity contribution is -0.120. The summed E-state index contributed by atoms with van der Waals surface area (Å²) in [6, 6.07) is 16.3. The molecule has 2 aromatic rings. The highest BCUT2D eigenvalue weighted by molar-refractivity contribution is 9.10. The van der Waals surface area contributed by atoms with Gasteiger partial charge in [-0.2, -0.15) is 5.26 Å². The number of anilines is 1. The Hall–Kier alpha value is -2.32. The van der Waals surface area contributed by atoms with Crippen molar-refractivity contribution in [2.45, 2.75) is 0 Å². The van der Waals surface area contributed by atoms with Gasteiger partial charge in [-0.1, -0.05) is 24.3 Å². The van der Waals surface area contributed by atoms with Crippen molar-refractivity contribution >= 4 is 27.5 Å². The number of carbonyl (C=O) groups is 1. The second-order valence-electron chi connectivity index (χ2n) is 4.30. The minimum atomic E-state index is -0.199. The standard InChI is InChI=1S/C16H13BrN2O2/c1-19(14-8-4-3-7-13(14)17)16(20)11-21-15-9-5-2-6-12(15)10-18/h2-9H,11H2,1H3. The molecule has 1 amide bonds. The fourth-order valence-electron chi connectivity index (χ4n) is 1.78. The minimum absolute atomic E-state index is 0.128. The Labute approximate surface area is 131 Å². The van der Waals surface area contributed by atoms with E-state index in [1.54, 1.807) is 31.3 Å². The van der Waals surface area contributed by atoms with Gasteiger partial charge in [0.2, 0.25) is 0 Å². The molecule has 0 fully saturated rings. The van der Waals surface area contributed by atoms with Crippen LogP contribution >= 0.6 is 15.9 Å². The van der Waals surface area contributed by atoms with E-state index in [-0.39, 0.29) is 12.5 Å². The van der Waals surface area contributed by atoms with Gasteiger partial charge < -0.3 is 9.64 Å². The number of amides is 1. The summed E-state index contributed by atoms with van der Waals surface area (Å²) in [4.78, 5) is 13.7. The first kappa shape index (κ1) is 15.1. The van der Waals surface area contributed by atoms with Crippen LogP contribution in [0.5, 0.6) is 5.75 Å². The van der Waals surface area contributed by atoms with Crippen molar-refractivity contribution in [2.24, 2.45) is 0 Å². The van der Waals surface area contributed by atoms with Crippen LogP contribution in [-0.4, -0.2) is 19.6 Å². The van der Waals surface area contributed by atoms with Crippen LogP contribution in [0.2, 0.25) is 0 Å². The molecule has 4 nitrogen and oxygen atoms in total. The maximum absolute atomic E-state index is 12.2. The summed E-state index contributed by atoms with van der Waals surface area (Å²) in [6.45, 7) is -0.128. The molecule has 2 aromatic carbocycles. The van der Waals surface area contributed by atoms with Crippen molar-refractivity contribution in [3.05, 3.63) is 58.6 Å². The maximum atomic E-state index is 12.2. The van der Waals surface area contributed by atoms with Gasteiger partial charge in [0.1, 0.15) is 11.8 Å². The number of benzene rings is 2. The first-order valence-electron chi connectivity index (χ1n) is 6.26. The number of likely N-dealkylation sites (N-methyl/N-ethyl adjacent to an activating group) is 1. The molecule has 5 heteroatoms. The number of carbonyl (C=O) groups excluding carboxylic acids is 1. The van der Waals surface area contributed by atoms with Crippen molar-refractivity contribution in [2.75, 3.05) is 18.6 Å². The molecule has 2 rings (SSSR count). The van der Waals surface area contributed by atoms with Crippen molar-refractivity contribution in [1.29, 1.82) is 5.26 Å². The zero-order valence-corrected chi connectivity index (χ0v) is 13.0. The van der Waals surface area contributed by atoms with Gasteiger partial charge in [0.05, 0.1) is 11.3 Å². The zero-order chi connectivity index (χ0) is 15.2. The molecule has 0 atom stereocenters. The number of rotatable bonds is 4. The first-order chi connectivity index (χ1) is 10.1. The van der Waals surface area contributed by atoms with Crippen molar-refractivity contribution in [3.63, 3.8) is 0 Å².